The van der Waals surface area contributed by atoms with Crippen LogP contribution in [0.3, 0.4) is 0 Å². The van der Waals surface area contributed by atoms with E-state index >= 15 is 0 Å². The average molecular weight is 298 g/mol. The Balaban J connectivity index is 1.72. The summed E-state index contributed by atoms with van der Waals surface area (Å²) in [5.41, 5.74) is 2.98. The highest BCUT2D eigenvalue weighted by Crippen LogP contribution is 2.20. The molecule has 22 heavy (non-hydrogen) atoms. The van der Waals surface area contributed by atoms with Crippen molar-refractivity contribution in [3.05, 3.63) is 34.7 Å². The van der Waals surface area contributed by atoms with Crippen LogP contribution in [0.2, 0.25) is 0 Å². The van der Waals surface area contributed by atoms with Crippen LogP contribution < -0.4 is 5.32 Å². The van der Waals surface area contributed by atoms with Crippen LogP contribution in [0.4, 0.5) is 0 Å². The summed E-state index contributed by atoms with van der Waals surface area (Å²) in [6, 6.07) is 4.32. The summed E-state index contributed by atoms with van der Waals surface area (Å²) < 4.78 is 4.18. The predicted molar refractivity (Wildman–Crippen MR) is 83.1 cm³/mol. The number of hydrogen-bond acceptors (Lipinski definition) is 4. The molecule has 0 saturated carbocycles. The van der Waals surface area contributed by atoms with Crippen molar-refractivity contribution in [2.24, 2.45) is 7.05 Å². The van der Waals surface area contributed by atoms with Gasteiger partial charge in [0.1, 0.15) is 23.4 Å². The van der Waals surface area contributed by atoms with Crippen LogP contribution in [0, 0.1) is 18.3 Å². The minimum atomic E-state index is 0.143. The number of nitriles is 1. The molecule has 1 atom stereocenters. The minimum Gasteiger partial charge on any atom is -0.340 e. The Morgan fingerprint density at radius 1 is 1.41 bits per heavy atom. The van der Waals surface area contributed by atoms with Gasteiger partial charge in [0.15, 0.2) is 0 Å². The Kier molecular flexibility index (Phi) is 3.99. The van der Waals surface area contributed by atoms with Crippen LogP contribution in [0.1, 0.15) is 54.4 Å². The fourth-order valence-corrected chi connectivity index (χ4v) is 3.05. The number of nitrogens with zero attached hydrogens (tertiary/aromatic N) is 5. The number of nitrogens with one attached hydrogen (secondary N) is 1. The van der Waals surface area contributed by atoms with E-state index < -0.39 is 0 Å². The van der Waals surface area contributed by atoms with Crippen LogP contribution >= 0.6 is 0 Å². The molecule has 0 aromatic carbocycles. The molecule has 3 rings (SSSR count). The second-order valence-electron chi connectivity index (χ2n) is 6.00. The van der Waals surface area contributed by atoms with E-state index in [1.807, 2.05) is 24.6 Å². The lowest BCUT2D eigenvalue weighted by atomic mass is 10.1. The Morgan fingerprint density at radius 3 is 2.95 bits per heavy atom. The first kappa shape index (κ1) is 14.8. The van der Waals surface area contributed by atoms with Crippen LogP contribution in [0.25, 0.3) is 0 Å². The van der Waals surface area contributed by atoms with Gasteiger partial charge >= 0.3 is 0 Å². The van der Waals surface area contributed by atoms with Gasteiger partial charge in [-0.3, -0.25) is 0 Å². The highest BCUT2D eigenvalue weighted by molar-refractivity contribution is 5.34. The Bertz CT molecular complexity index is 718. The number of aryl methyl sites for hydroxylation is 1. The summed E-state index contributed by atoms with van der Waals surface area (Å²) in [6.07, 6.45) is 3.44. The van der Waals surface area contributed by atoms with Crippen molar-refractivity contribution in [1.82, 2.24) is 24.6 Å². The summed E-state index contributed by atoms with van der Waals surface area (Å²) in [6.45, 7) is 5.91. The average Bonchev–Trinajstić information content (AvgIpc) is 3.08. The van der Waals surface area contributed by atoms with Gasteiger partial charge in [-0.1, -0.05) is 0 Å². The van der Waals surface area contributed by atoms with E-state index in [1.54, 1.807) is 0 Å². The molecule has 1 aliphatic heterocycles. The second-order valence-corrected chi connectivity index (χ2v) is 6.00. The molecule has 0 radical (unpaired) electrons. The molecule has 2 aromatic rings. The Morgan fingerprint density at radius 2 is 2.23 bits per heavy atom. The van der Waals surface area contributed by atoms with E-state index in [0.717, 1.165) is 42.4 Å². The predicted octanol–water partition coefficient (Wildman–Crippen LogP) is 1.98. The maximum absolute atomic E-state index is 9.10. The fourth-order valence-electron chi connectivity index (χ4n) is 3.05. The zero-order valence-electron chi connectivity index (χ0n) is 13.4. The third-order valence-electron chi connectivity index (χ3n) is 4.63. The molecule has 1 aliphatic rings. The van der Waals surface area contributed by atoms with Crippen LogP contribution in [0.5, 0.6) is 0 Å². The molecule has 116 valence electrons. The maximum Gasteiger partial charge on any atom is 0.149 e. The van der Waals surface area contributed by atoms with Crippen LogP contribution in [-0.4, -0.2) is 19.3 Å². The standard InChI is InChI=1S/C16H22N6/c1-11(16-20-19-15-6-4-5-7-22(15)16)18-10-13-8-14(9-17)21(3)12(13)2/h8,11,18H,4-7,10H2,1-3H3/t11-/m0/s1. The van der Waals surface area contributed by atoms with E-state index in [0.29, 0.717) is 5.69 Å². The molecular formula is C16H22N6. The molecular weight excluding hydrogens is 276 g/mol. The Hall–Kier alpha value is -2.13. The summed E-state index contributed by atoms with van der Waals surface area (Å²) >= 11 is 0. The first-order valence-corrected chi connectivity index (χ1v) is 7.82. The van der Waals surface area contributed by atoms with Gasteiger partial charge in [-0.25, -0.2) is 0 Å². The van der Waals surface area contributed by atoms with Crippen molar-refractivity contribution in [3.8, 4) is 6.07 Å². The highest BCUT2D eigenvalue weighted by atomic mass is 15.3. The van der Waals surface area contributed by atoms with Crippen molar-refractivity contribution in [2.75, 3.05) is 0 Å². The molecule has 0 saturated heterocycles. The normalized spacial score (nSPS) is 15.4. The van der Waals surface area contributed by atoms with Crippen molar-refractivity contribution < 1.29 is 0 Å². The molecule has 0 amide bonds. The van der Waals surface area contributed by atoms with E-state index in [9.17, 15) is 0 Å². The quantitative estimate of drug-likeness (QED) is 0.937. The van der Waals surface area contributed by atoms with Gasteiger partial charge in [-0.2, -0.15) is 5.26 Å². The first-order chi connectivity index (χ1) is 10.6. The molecule has 6 heteroatoms. The van der Waals surface area contributed by atoms with Gasteiger partial charge in [0, 0.05) is 32.3 Å². The van der Waals surface area contributed by atoms with Gasteiger partial charge < -0.3 is 14.5 Å². The van der Waals surface area contributed by atoms with E-state index in [-0.39, 0.29) is 6.04 Å². The molecule has 0 spiro atoms. The van der Waals surface area contributed by atoms with Gasteiger partial charge in [-0.15, -0.1) is 10.2 Å². The molecule has 6 nitrogen and oxygen atoms in total. The first-order valence-electron chi connectivity index (χ1n) is 7.82. The second kappa shape index (κ2) is 5.93. The van der Waals surface area contributed by atoms with Gasteiger partial charge in [-0.05, 0) is 38.3 Å². The Labute approximate surface area is 130 Å². The third kappa shape index (κ3) is 2.53. The van der Waals surface area contributed by atoms with Crippen molar-refractivity contribution in [1.29, 1.82) is 5.26 Å². The molecule has 0 bridgehead atoms. The van der Waals surface area contributed by atoms with Gasteiger partial charge in [0.2, 0.25) is 0 Å². The SMILES string of the molecule is Cc1c(CN[C@@H](C)c2nnc3n2CCCC3)cc(C#N)n1C. The number of fused-ring (bicyclic) bond motifs is 1. The highest BCUT2D eigenvalue weighted by Gasteiger charge is 2.20. The van der Waals surface area contributed by atoms with Crippen molar-refractivity contribution >= 4 is 0 Å². The smallest absolute Gasteiger partial charge is 0.149 e. The van der Waals surface area contributed by atoms with Crippen LogP contribution in [-0.2, 0) is 26.6 Å². The molecule has 0 unspecified atom stereocenters. The fraction of sp³-hybridized carbons (Fsp3) is 0.562. The van der Waals surface area contributed by atoms with E-state index in [1.165, 1.54) is 12.8 Å². The van der Waals surface area contributed by atoms with Crippen molar-refractivity contribution in [2.45, 2.75) is 52.2 Å². The monoisotopic (exact) mass is 298 g/mol. The summed E-state index contributed by atoms with van der Waals surface area (Å²) in [5.74, 6) is 2.13. The molecule has 1 N–H and O–H groups in total. The molecule has 2 aromatic heterocycles. The van der Waals surface area contributed by atoms with Gasteiger partial charge in [0.05, 0.1) is 6.04 Å². The minimum absolute atomic E-state index is 0.143. The van der Waals surface area contributed by atoms with Crippen molar-refractivity contribution in [3.63, 3.8) is 0 Å². The maximum atomic E-state index is 9.10. The third-order valence-corrected chi connectivity index (χ3v) is 4.63. The number of rotatable bonds is 4. The lowest BCUT2D eigenvalue weighted by Gasteiger charge is -2.18. The zero-order valence-corrected chi connectivity index (χ0v) is 13.4. The van der Waals surface area contributed by atoms with E-state index in [2.05, 4.69) is 33.1 Å². The zero-order chi connectivity index (χ0) is 15.7. The molecule has 3 heterocycles. The summed E-state index contributed by atoms with van der Waals surface area (Å²) in [7, 11) is 1.93. The van der Waals surface area contributed by atoms with E-state index in [4.69, 9.17) is 5.26 Å². The number of hydrogen-bond donors (Lipinski definition) is 1. The summed E-state index contributed by atoms with van der Waals surface area (Å²) in [5, 5.41) is 21.3. The summed E-state index contributed by atoms with van der Waals surface area (Å²) in [4.78, 5) is 0. The lowest BCUT2D eigenvalue weighted by Crippen LogP contribution is -2.23. The molecule has 0 fully saturated rings. The van der Waals surface area contributed by atoms with Gasteiger partial charge in [0.25, 0.3) is 0 Å². The van der Waals surface area contributed by atoms with Crippen LogP contribution in [0.15, 0.2) is 6.07 Å². The topological polar surface area (TPSA) is 71.5 Å². The lowest BCUT2D eigenvalue weighted by molar-refractivity contribution is 0.465. The molecule has 0 aliphatic carbocycles. The largest absolute Gasteiger partial charge is 0.340 e. The number of aromatic nitrogens is 4.